The predicted octanol–water partition coefficient (Wildman–Crippen LogP) is 0.680. The molecular weight excluding hydrogens is 214 g/mol. The number of hydrogen-bond acceptors (Lipinski definition) is 3. The first-order valence-electron chi connectivity index (χ1n) is 6.76. The summed E-state index contributed by atoms with van der Waals surface area (Å²) in [5.74, 6) is 0.291. The van der Waals surface area contributed by atoms with Gasteiger partial charge in [-0.25, -0.2) is 0 Å². The summed E-state index contributed by atoms with van der Waals surface area (Å²) in [7, 11) is 4.11. The Morgan fingerprint density at radius 3 is 2.65 bits per heavy atom. The van der Waals surface area contributed by atoms with E-state index in [4.69, 9.17) is 0 Å². The lowest BCUT2D eigenvalue weighted by molar-refractivity contribution is -0.132. The van der Waals surface area contributed by atoms with E-state index in [1.54, 1.807) is 0 Å². The average molecular weight is 239 g/mol. The second kappa shape index (κ2) is 5.36. The van der Waals surface area contributed by atoms with Crippen molar-refractivity contribution < 1.29 is 4.79 Å². The summed E-state index contributed by atoms with van der Waals surface area (Å²) in [6.45, 7) is 4.35. The third-order valence-corrected chi connectivity index (χ3v) is 4.31. The molecule has 1 amide bonds. The summed E-state index contributed by atoms with van der Waals surface area (Å²) in [6, 6.07) is 1.80. The predicted molar refractivity (Wildman–Crippen MR) is 68.9 cm³/mol. The second-order valence-corrected chi connectivity index (χ2v) is 5.73. The molecule has 1 N–H and O–H groups in total. The van der Waals surface area contributed by atoms with E-state index in [2.05, 4.69) is 24.2 Å². The Kier molecular flexibility index (Phi) is 4.05. The Morgan fingerprint density at radius 1 is 1.24 bits per heavy atom. The van der Waals surface area contributed by atoms with Crippen molar-refractivity contribution in [1.82, 2.24) is 15.1 Å². The molecule has 0 aromatic heterocycles. The third kappa shape index (κ3) is 3.19. The fourth-order valence-corrected chi connectivity index (χ4v) is 2.92. The summed E-state index contributed by atoms with van der Waals surface area (Å²) < 4.78 is 0. The van der Waals surface area contributed by atoms with Crippen molar-refractivity contribution in [2.24, 2.45) is 0 Å². The number of likely N-dealkylation sites (N-methyl/N-ethyl adjacent to an activating group) is 1. The fourth-order valence-electron chi connectivity index (χ4n) is 2.92. The molecular formula is C13H25N3O. The molecule has 0 aliphatic carbocycles. The maximum atomic E-state index is 11.4. The zero-order chi connectivity index (χ0) is 12.4. The number of likely N-dealkylation sites (tertiary alicyclic amines) is 2. The molecule has 2 fully saturated rings. The van der Waals surface area contributed by atoms with Gasteiger partial charge in [0, 0.05) is 38.1 Å². The van der Waals surface area contributed by atoms with E-state index in [-0.39, 0.29) is 0 Å². The summed E-state index contributed by atoms with van der Waals surface area (Å²) in [5, 5.41) is 3.74. The number of piperidine rings is 2. The van der Waals surface area contributed by atoms with Crippen LogP contribution in [-0.2, 0) is 4.79 Å². The third-order valence-electron chi connectivity index (χ3n) is 4.31. The highest BCUT2D eigenvalue weighted by atomic mass is 16.2. The highest BCUT2D eigenvalue weighted by Crippen LogP contribution is 2.18. The van der Waals surface area contributed by atoms with E-state index >= 15 is 0 Å². The van der Waals surface area contributed by atoms with Gasteiger partial charge in [-0.1, -0.05) is 0 Å². The quantitative estimate of drug-likeness (QED) is 0.770. The Hall–Kier alpha value is -0.610. The van der Waals surface area contributed by atoms with Gasteiger partial charge >= 0.3 is 0 Å². The van der Waals surface area contributed by atoms with Gasteiger partial charge < -0.3 is 15.1 Å². The highest BCUT2D eigenvalue weighted by molar-refractivity contribution is 5.76. The molecule has 3 atom stereocenters. The van der Waals surface area contributed by atoms with Crippen LogP contribution in [0.25, 0.3) is 0 Å². The van der Waals surface area contributed by atoms with Gasteiger partial charge in [0.15, 0.2) is 0 Å². The van der Waals surface area contributed by atoms with Crippen molar-refractivity contribution in [1.29, 1.82) is 0 Å². The van der Waals surface area contributed by atoms with Crippen LogP contribution in [0.5, 0.6) is 0 Å². The van der Waals surface area contributed by atoms with Crippen LogP contribution in [0.2, 0.25) is 0 Å². The minimum absolute atomic E-state index is 0.291. The van der Waals surface area contributed by atoms with Gasteiger partial charge in [-0.3, -0.25) is 4.79 Å². The van der Waals surface area contributed by atoms with Crippen LogP contribution in [0, 0.1) is 0 Å². The summed E-state index contributed by atoms with van der Waals surface area (Å²) in [5.41, 5.74) is 0. The first-order valence-corrected chi connectivity index (χ1v) is 6.76. The molecule has 0 bridgehead atoms. The number of carbonyl (C=O) groups excluding carboxylic acids is 1. The van der Waals surface area contributed by atoms with E-state index in [9.17, 15) is 4.79 Å². The zero-order valence-electron chi connectivity index (χ0n) is 11.3. The number of nitrogens with zero attached hydrogens (tertiary/aromatic N) is 2. The molecule has 0 aromatic rings. The van der Waals surface area contributed by atoms with Gasteiger partial charge in [-0.2, -0.15) is 0 Å². The standard InChI is InChI=1S/C13H25N3O/c1-10-8-11(6-7-15(10)2)14-12-4-5-13(17)16(3)9-12/h10-12,14H,4-9H2,1-3H3. The molecule has 17 heavy (non-hydrogen) atoms. The van der Waals surface area contributed by atoms with E-state index in [0.717, 1.165) is 13.0 Å². The highest BCUT2D eigenvalue weighted by Gasteiger charge is 2.28. The molecule has 0 spiro atoms. The van der Waals surface area contributed by atoms with Crippen molar-refractivity contribution in [3.63, 3.8) is 0 Å². The fraction of sp³-hybridized carbons (Fsp3) is 0.923. The van der Waals surface area contributed by atoms with Gasteiger partial charge in [0.05, 0.1) is 0 Å². The minimum atomic E-state index is 0.291. The van der Waals surface area contributed by atoms with Crippen LogP contribution in [0.3, 0.4) is 0 Å². The average Bonchev–Trinajstić information content (AvgIpc) is 2.29. The molecule has 0 saturated carbocycles. The number of nitrogens with one attached hydrogen (secondary N) is 1. The molecule has 0 aromatic carbocycles. The summed E-state index contributed by atoms with van der Waals surface area (Å²) >= 11 is 0. The molecule has 2 aliphatic heterocycles. The molecule has 0 radical (unpaired) electrons. The SMILES string of the molecule is CC1CC(NC2CCC(=O)N(C)C2)CCN1C. The molecule has 98 valence electrons. The summed E-state index contributed by atoms with van der Waals surface area (Å²) in [6.07, 6.45) is 4.17. The van der Waals surface area contributed by atoms with Crippen LogP contribution < -0.4 is 5.32 Å². The first-order chi connectivity index (χ1) is 8.06. The molecule has 2 rings (SSSR count). The van der Waals surface area contributed by atoms with Crippen molar-refractivity contribution in [3.8, 4) is 0 Å². The lowest BCUT2D eigenvalue weighted by Crippen LogP contribution is -2.53. The van der Waals surface area contributed by atoms with E-state index in [1.165, 1.54) is 19.4 Å². The molecule has 3 unspecified atom stereocenters. The number of rotatable bonds is 2. The lowest BCUT2D eigenvalue weighted by atomic mass is 9.96. The first kappa shape index (κ1) is 12.8. The Balaban J connectivity index is 1.79. The normalized spacial score (nSPS) is 36.3. The summed E-state index contributed by atoms with van der Waals surface area (Å²) in [4.78, 5) is 15.7. The molecule has 4 nitrogen and oxygen atoms in total. The van der Waals surface area contributed by atoms with Crippen molar-refractivity contribution in [2.45, 2.75) is 50.7 Å². The molecule has 2 heterocycles. The lowest BCUT2D eigenvalue weighted by Gasteiger charge is -2.39. The monoisotopic (exact) mass is 239 g/mol. The van der Waals surface area contributed by atoms with Crippen molar-refractivity contribution >= 4 is 5.91 Å². The van der Waals surface area contributed by atoms with E-state index < -0.39 is 0 Å². The van der Waals surface area contributed by atoms with Crippen LogP contribution in [0.4, 0.5) is 0 Å². The smallest absolute Gasteiger partial charge is 0.222 e. The molecule has 2 aliphatic rings. The van der Waals surface area contributed by atoms with Crippen LogP contribution in [-0.4, -0.2) is 61.0 Å². The van der Waals surface area contributed by atoms with Gasteiger partial charge in [-0.15, -0.1) is 0 Å². The zero-order valence-corrected chi connectivity index (χ0v) is 11.3. The minimum Gasteiger partial charge on any atom is -0.344 e. The van der Waals surface area contributed by atoms with Gasteiger partial charge in [-0.05, 0) is 39.8 Å². The van der Waals surface area contributed by atoms with Gasteiger partial charge in [0.25, 0.3) is 0 Å². The Morgan fingerprint density at radius 2 is 2.00 bits per heavy atom. The van der Waals surface area contributed by atoms with Crippen molar-refractivity contribution in [3.05, 3.63) is 0 Å². The van der Waals surface area contributed by atoms with Gasteiger partial charge in [0.2, 0.25) is 5.91 Å². The maximum absolute atomic E-state index is 11.4. The van der Waals surface area contributed by atoms with Crippen LogP contribution >= 0.6 is 0 Å². The topological polar surface area (TPSA) is 35.6 Å². The second-order valence-electron chi connectivity index (χ2n) is 5.73. The molecule has 4 heteroatoms. The van der Waals surface area contributed by atoms with Crippen LogP contribution in [0.15, 0.2) is 0 Å². The van der Waals surface area contributed by atoms with Gasteiger partial charge in [0.1, 0.15) is 0 Å². The Labute approximate surface area is 104 Å². The Bertz CT molecular complexity index is 282. The van der Waals surface area contributed by atoms with Crippen LogP contribution in [0.1, 0.15) is 32.6 Å². The van der Waals surface area contributed by atoms with E-state index in [1.807, 2.05) is 11.9 Å². The van der Waals surface area contributed by atoms with Crippen molar-refractivity contribution in [2.75, 3.05) is 27.2 Å². The number of carbonyl (C=O) groups is 1. The largest absolute Gasteiger partial charge is 0.344 e. The molecule has 2 saturated heterocycles. The van der Waals surface area contributed by atoms with E-state index in [0.29, 0.717) is 30.5 Å². The number of amides is 1. The maximum Gasteiger partial charge on any atom is 0.222 e. The number of hydrogen-bond donors (Lipinski definition) is 1.